The number of benzene rings is 1. The maximum atomic E-state index is 13.1. The first-order valence-corrected chi connectivity index (χ1v) is 9.08. The Morgan fingerprint density at radius 3 is 2.70 bits per heavy atom. The maximum absolute atomic E-state index is 13.1. The van der Waals surface area contributed by atoms with Crippen molar-refractivity contribution in [2.45, 2.75) is 6.54 Å². The Bertz CT molecular complexity index is 1080. The Kier molecular flexibility index (Phi) is 5.72. The van der Waals surface area contributed by atoms with E-state index in [2.05, 4.69) is 5.32 Å². The third kappa shape index (κ3) is 3.64. The highest BCUT2D eigenvalue weighted by Gasteiger charge is 2.19. The van der Waals surface area contributed by atoms with Crippen LogP contribution in [0.4, 0.5) is 0 Å². The van der Waals surface area contributed by atoms with Crippen LogP contribution in [0.5, 0.6) is 5.75 Å². The SMILES string of the molecule is COCCNC(=O)Cn1c(=O)n(-c2ccccc2OC)c(=O)c2sccc21. The lowest BCUT2D eigenvalue weighted by atomic mass is 10.3. The summed E-state index contributed by atoms with van der Waals surface area (Å²) in [6.07, 6.45) is 0. The third-order valence-corrected chi connectivity index (χ3v) is 4.90. The van der Waals surface area contributed by atoms with Crippen molar-refractivity contribution in [3.8, 4) is 11.4 Å². The topological polar surface area (TPSA) is 91.6 Å². The predicted octanol–water partition coefficient (Wildman–Crippen LogP) is 0.985. The van der Waals surface area contributed by atoms with Crippen molar-refractivity contribution in [2.24, 2.45) is 0 Å². The van der Waals surface area contributed by atoms with Gasteiger partial charge in [-0.1, -0.05) is 12.1 Å². The summed E-state index contributed by atoms with van der Waals surface area (Å²) in [7, 11) is 3.00. The maximum Gasteiger partial charge on any atom is 0.336 e. The molecule has 0 fully saturated rings. The number of ether oxygens (including phenoxy) is 2. The molecule has 1 amide bonds. The number of carbonyl (C=O) groups excluding carboxylic acids is 1. The minimum absolute atomic E-state index is 0.203. The smallest absolute Gasteiger partial charge is 0.336 e. The van der Waals surface area contributed by atoms with E-state index in [1.807, 2.05) is 0 Å². The summed E-state index contributed by atoms with van der Waals surface area (Å²) in [6.45, 7) is 0.503. The number of para-hydroxylation sites is 2. The Labute approximate surface area is 158 Å². The molecule has 1 aromatic carbocycles. The highest BCUT2D eigenvalue weighted by Crippen LogP contribution is 2.21. The molecule has 0 unspecified atom stereocenters. The number of hydrogen-bond acceptors (Lipinski definition) is 6. The summed E-state index contributed by atoms with van der Waals surface area (Å²) in [4.78, 5) is 38.2. The van der Waals surface area contributed by atoms with Crippen molar-refractivity contribution in [2.75, 3.05) is 27.4 Å². The molecule has 2 aromatic heterocycles. The minimum atomic E-state index is -0.600. The van der Waals surface area contributed by atoms with Gasteiger partial charge in [0.05, 0.1) is 24.9 Å². The molecule has 142 valence electrons. The second-order valence-electron chi connectivity index (χ2n) is 5.66. The normalized spacial score (nSPS) is 10.9. The average Bonchev–Trinajstić information content (AvgIpc) is 3.16. The van der Waals surface area contributed by atoms with Crippen LogP contribution in [0.2, 0.25) is 0 Å². The second-order valence-corrected chi connectivity index (χ2v) is 6.57. The monoisotopic (exact) mass is 389 g/mol. The fourth-order valence-electron chi connectivity index (χ4n) is 2.76. The predicted molar refractivity (Wildman–Crippen MR) is 103 cm³/mol. The molecule has 27 heavy (non-hydrogen) atoms. The lowest BCUT2D eigenvalue weighted by Gasteiger charge is -2.14. The van der Waals surface area contributed by atoms with E-state index < -0.39 is 11.2 Å². The number of aromatic nitrogens is 2. The summed E-state index contributed by atoms with van der Waals surface area (Å²) >= 11 is 1.22. The van der Waals surface area contributed by atoms with Crippen LogP contribution < -0.4 is 21.3 Å². The fraction of sp³-hybridized carbons (Fsp3) is 0.278. The van der Waals surface area contributed by atoms with Gasteiger partial charge in [-0.3, -0.25) is 14.2 Å². The second kappa shape index (κ2) is 8.19. The first-order chi connectivity index (χ1) is 13.1. The molecule has 0 spiro atoms. The number of nitrogens with one attached hydrogen (secondary N) is 1. The molecule has 0 radical (unpaired) electrons. The van der Waals surface area contributed by atoms with Crippen LogP contribution in [0.25, 0.3) is 15.9 Å². The van der Waals surface area contributed by atoms with E-state index in [1.165, 1.54) is 30.1 Å². The third-order valence-electron chi connectivity index (χ3n) is 4.01. The number of hydrogen-bond donors (Lipinski definition) is 1. The molecular formula is C18H19N3O5S. The molecule has 3 aromatic rings. The van der Waals surface area contributed by atoms with Gasteiger partial charge in [0, 0.05) is 13.7 Å². The lowest BCUT2D eigenvalue weighted by Crippen LogP contribution is -2.41. The van der Waals surface area contributed by atoms with Crippen LogP contribution in [0, 0.1) is 0 Å². The van der Waals surface area contributed by atoms with Crippen LogP contribution >= 0.6 is 11.3 Å². The Hall–Kier alpha value is -2.91. The summed E-state index contributed by atoms with van der Waals surface area (Å²) in [6, 6.07) is 8.42. The summed E-state index contributed by atoms with van der Waals surface area (Å²) in [5, 5.41) is 4.40. The number of nitrogens with zero attached hydrogens (tertiary/aromatic N) is 2. The molecule has 0 aliphatic rings. The van der Waals surface area contributed by atoms with Crippen LogP contribution in [0.15, 0.2) is 45.3 Å². The number of carbonyl (C=O) groups is 1. The van der Waals surface area contributed by atoms with Gasteiger partial charge in [0.15, 0.2) is 0 Å². The molecular weight excluding hydrogens is 370 g/mol. The molecule has 0 aliphatic carbocycles. The molecule has 0 bridgehead atoms. The van der Waals surface area contributed by atoms with Crippen molar-refractivity contribution in [3.63, 3.8) is 0 Å². The van der Waals surface area contributed by atoms with Crippen LogP contribution in [-0.4, -0.2) is 42.4 Å². The van der Waals surface area contributed by atoms with Gasteiger partial charge in [0.25, 0.3) is 5.56 Å². The number of amides is 1. The fourth-order valence-corrected chi connectivity index (χ4v) is 3.58. The van der Waals surface area contributed by atoms with E-state index in [9.17, 15) is 14.4 Å². The average molecular weight is 389 g/mol. The molecule has 2 heterocycles. The lowest BCUT2D eigenvalue weighted by molar-refractivity contribution is -0.121. The van der Waals surface area contributed by atoms with E-state index in [-0.39, 0.29) is 12.5 Å². The standard InChI is InChI=1S/C18H19N3O5S/c1-25-9-8-19-15(22)11-20-13-7-10-27-16(13)17(23)21(18(20)24)12-5-3-4-6-14(12)26-2/h3-7,10H,8-9,11H2,1-2H3,(H,19,22). The Morgan fingerprint density at radius 1 is 1.19 bits per heavy atom. The van der Waals surface area contributed by atoms with Crippen molar-refractivity contribution in [1.29, 1.82) is 0 Å². The van der Waals surface area contributed by atoms with Crippen LogP contribution in [-0.2, 0) is 16.1 Å². The highest BCUT2D eigenvalue weighted by molar-refractivity contribution is 7.17. The summed E-state index contributed by atoms with van der Waals surface area (Å²) in [5.74, 6) is 0.0515. The van der Waals surface area contributed by atoms with Crippen molar-refractivity contribution < 1.29 is 14.3 Å². The molecule has 8 nitrogen and oxygen atoms in total. The van der Waals surface area contributed by atoms with Crippen LogP contribution in [0.1, 0.15) is 0 Å². The minimum Gasteiger partial charge on any atom is -0.495 e. The molecule has 1 N–H and O–H groups in total. The highest BCUT2D eigenvalue weighted by atomic mass is 32.1. The zero-order chi connectivity index (χ0) is 19.4. The number of methoxy groups -OCH3 is 2. The summed E-state index contributed by atoms with van der Waals surface area (Å²) in [5.41, 5.74) is -0.273. The van der Waals surface area contributed by atoms with E-state index in [4.69, 9.17) is 9.47 Å². The molecule has 3 rings (SSSR count). The van der Waals surface area contributed by atoms with Gasteiger partial charge in [0.1, 0.15) is 17.0 Å². The van der Waals surface area contributed by atoms with Crippen molar-refractivity contribution in [1.82, 2.24) is 14.5 Å². The summed E-state index contributed by atoms with van der Waals surface area (Å²) < 4.78 is 12.9. The van der Waals surface area contributed by atoms with E-state index in [0.29, 0.717) is 34.8 Å². The van der Waals surface area contributed by atoms with E-state index >= 15 is 0 Å². The van der Waals surface area contributed by atoms with Gasteiger partial charge < -0.3 is 14.8 Å². The van der Waals surface area contributed by atoms with Gasteiger partial charge in [-0.15, -0.1) is 11.3 Å². The van der Waals surface area contributed by atoms with Gasteiger partial charge in [0.2, 0.25) is 5.91 Å². The zero-order valence-corrected chi connectivity index (χ0v) is 15.7. The molecule has 0 atom stereocenters. The van der Waals surface area contributed by atoms with E-state index in [0.717, 1.165) is 4.57 Å². The largest absolute Gasteiger partial charge is 0.495 e. The van der Waals surface area contributed by atoms with Crippen molar-refractivity contribution in [3.05, 3.63) is 56.5 Å². The zero-order valence-electron chi connectivity index (χ0n) is 14.9. The van der Waals surface area contributed by atoms with Gasteiger partial charge in [-0.25, -0.2) is 9.36 Å². The molecule has 9 heteroatoms. The molecule has 0 saturated heterocycles. The van der Waals surface area contributed by atoms with Crippen LogP contribution in [0.3, 0.4) is 0 Å². The Balaban J connectivity index is 2.15. The van der Waals surface area contributed by atoms with Gasteiger partial charge >= 0.3 is 5.69 Å². The van der Waals surface area contributed by atoms with Gasteiger partial charge in [-0.05, 0) is 23.6 Å². The molecule has 0 saturated carbocycles. The number of rotatable bonds is 7. The van der Waals surface area contributed by atoms with Crippen molar-refractivity contribution >= 4 is 27.5 Å². The van der Waals surface area contributed by atoms with Gasteiger partial charge in [-0.2, -0.15) is 0 Å². The molecule has 0 aliphatic heterocycles. The number of thiophene rings is 1. The van der Waals surface area contributed by atoms with E-state index in [1.54, 1.807) is 35.7 Å². The first kappa shape index (κ1) is 18.9. The Morgan fingerprint density at radius 2 is 1.96 bits per heavy atom. The quantitative estimate of drug-likeness (QED) is 0.609. The number of fused-ring (bicyclic) bond motifs is 1. The first-order valence-electron chi connectivity index (χ1n) is 8.20.